The second-order valence-corrected chi connectivity index (χ2v) is 5.99. The van der Waals surface area contributed by atoms with Gasteiger partial charge in [-0.25, -0.2) is 0 Å². The molecule has 2 N–H and O–H groups in total. The predicted octanol–water partition coefficient (Wildman–Crippen LogP) is 4.06. The van der Waals surface area contributed by atoms with E-state index in [2.05, 4.69) is 29.7 Å². The molecule has 3 nitrogen and oxygen atoms in total. The SMILES string of the molecule is CCCCCCCCNC(=O)CC1CNc2ccccc21. The number of para-hydroxylation sites is 1. The van der Waals surface area contributed by atoms with E-state index < -0.39 is 0 Å². The minimum Gasteiger partial charge on any atom is -0.384 e. The fourth-order valence-corrected chi connectivity index (χ4v) is 2.97. The Bertz CT molecular complexity index is 445. The number of nitrogens with one attached hydrogen (secondary N) is 2. The molecule has 1 heterocycles. The molecule has 1 unspecified atom stereocenters. The highest BCUT2D eigenvalue weighted by Gasteiger charge is 2.23. The maximum absolute atomic E-state index is 12.0. The Morgan fingerprint density at radius 1 is 1.19 bits per heavy atom. The molecular formula is C18H28N2O. The summed E-state index contributed by atoms with van der Waals surface area (Å²) < 4.78 is 0. The van der Waals surface area contributed by atoms with Crippen molar-refractivity contribution in [2.75, 3.05) is 18.4 Å². The standard InChI is InChI=1S/C18H28N2O/c1-2-3-4-5-6-9-12-19-18(21)13-15-14-20-17-11-8-7-10-16(15)17/h7-8,10-11,15,20H,2-6,9,12-14H2,1H3,(H,19,21). The molecule has 0 spiro atoms. The van der Waals surface area contributed by atoms with Gasteiger partial charge in [-0.05, 0) is 18.1 Å². The van der Waals surface area contributed by atoms with Gasteiger partial charge in [0.2, 0.25) is 5.91 Å². The zero-order valence-corrected chi connectivity index (χ0v) is 13.2. The molecule has 0 radical (unpaired) electrons. The van der Waals surface area contributed by atoms with Crippen LogP contribution in [0.4, 0.5) is 5.69 Å². The minimum atomic E-state index is 0.187. The van der Waals surface area contributed by atoms with Crippen molar-refractivity contribution in [3.63, 3.8) is 0 Å². The number of rotatable bonds is 9. The number of hydrogen-bond donors (Lipinski definition) is 2. The van der Waals surface area contributed by atoms with E-state index in [1.54, 1.807) is 0 Å². The van der Waals surface area contributed by atoms with E-state index in [0.29, 0.717) is 12.3 Å². The van der Waals surface area contributed by atoms with Gasteiger partial charge in [0.1, 0.15) is 0 Å². The first-order valence-electron chi connectivity index (χ1n) is 8.40. The van der Waals surface area contributed by atoms with Crippen molar-refractivity contribution in [1.29, 1.82) is 0 Å². The van der Waals surface area contributed by atoms with Crippen molar-refractivity contribution in [3.05, 3.63) is 29.8 Å². The Hall–Kier alpha value is -1.51. The molecule has 3 heteroatoms. The van der Waals surface area contributed by atoms with E-state index in [4.69, 9.17) is 0 Å². The zero-order chi connectivity index (χ0) is 14.9. The average molecular weight is 288 g/mol. The first kappa shape index (κ1) is 15.9. The number of unbranched alkanes of at least 4 members (excludes halogenated alkanes) is 5. The fraction of sp³-hybridized carbons (Fsp3) is 0.611. The third-order valence-electron chi connectivity index (χ3n) is 4.22. The highest BCUT2D eigenvalue weighted by Crippen LogP contribution is 2.32. The van der Waals surface area contributed by atoms with Gasteiger partial charge < -0.3 is 10.6 Å². The van der Waals surface area contributed by atoms with E-state index in [0.717, 1.165) is 19.5 Å². The Morgan fingerprint density at radius 3 is 2.81 bits per heavy atom. The largest absolute Gasteiger partial charge is 0.384 e. The highest BCUT2D eigenvalue weighted by atomic mass is 16.1. The third kappa shape index (κ3) is 5.07. The minimum absolute atomic E-state index is 0.187. The Morgan fingerprint density at radius 2 is 1.95 bits per heavy atom. The Balaban J connectivity index is 1.60. The van der Waals surface area contributed by atoms with Crippen molar-refractivity contribution >= 4 is 11.6 Å². The molecule has 1 aromatic rings. The van der Waals surface area contributed by atoms with Gasteiger partial charge >= 0.3 is 0 Å². The number of anilines is 1. The summed E-state index contributed by atoms with van der Waals surface area (Å²) in [6, 6.07) is 8.30. The van der Waals surface area contributed by atoms with Crippen molar-refractivity contribution in [3.8, 4) is 0 Å². The van der Waals surface area contributed by atoms with Crippen molar-refractivity contribution in [1.82, 2.24) is 5.32 Å². The lowest BCUT2D eigenvalue weighted by atomic mass is 9.97. The van der Waals surface area contributed by atoms with Gasteiger partial charge in [0.25, 0.3) is 0 Å². The normalized spacial score (nSPS) is 16.3. The lowest BCUT2D eigenvalue weighted by molar-refractivity contribution is -0.121. The zero-order valence-electron chi connectivity index (χ0n) is 13.2. The van der Waals surface area contributed by atoms with Gasteiger partial charge in [0.15, 0.2) is 0 Å². The second kappa shape index (κ2) is 8.71. The van der Waals surface area contributed by atoms with Crippen molar-refractivity contribution < 1.29 is 4.79 Å². The molecule has 1 atom stereocenters. The topological polar surface area (TPSA) is 41.1 Å². The average Bonchev–Trinajstić information content (AvgIpc) is 2.90. The molecule has 0 saturated heterocycles. The molecule has 2 rings (SSSR count). The number of hydrogen-bond acceptors (Lipinski definition) is 2. The van der Waals surface area contributed by atoms with E-state index in [1.165, 1.54) is 43.4 Å². The van der Waals surface area contributed by atoms with E-state index >= 15 is 0 Å². The molecule has 1 aliphatic rings. The van der Waals surface area contributed by atoms with E-state index in [-0.39, 0.29) is 5.91 Å². The number of carbonyl (C=O) groups excluding carboxylic acids is 1. The molecule has 0 aromatic heterocycles. The van der Waals surface area contributed by atoms with Gasteiger partial charge in [-0.15, -0.1) is 0 Å². The van der Waals surface area contributed by atoms with Crippen LogP contribution in [-0.4, -0.2) is 19.0 Å². The number of fused-ring (bicyclic) bond motifs is 1. The van der Waals surface area contributed by atoms with Crippen LogP contribution in [0.1, 0.15) is 63.4 Å². The Kier molecular flexibility index (Phi) is 6.58. The molecule has 21 heavy (non-hydrogen) atoms. The van der Waals surface area contributed by atoms with Crippen LogP contribution in [-0.2, 0) is 4.79 Å². The van der Waals surface area contributed by atoms with Crippen molar-refractivity contribution in [2.24, 2.45) is 0 Å². The summed E-state index contributed by atoms with van der Waals surface area (Å²) in [4.78, 5) is 12.0. The van der Waals surface area contributed by atoms with Crippen LogP contribution in [0.25, 0.3) is 0 Å². The van der Waals surface area contributed by atoms with Crippen LogP contribution in [0.5, 0.6) is 0 Å². The number of amides is 1. The highest BCUT2D eigenvalue weighted by molar-refractivity contribution is 5.78. The monoisotopic (exact) mass is 288 g/mol. The lowest BCUT2D eigenvalue weighted by Gasteiger charge is -2.10. The summed E-state index contributed by atoms with van der Waals surface area (Å²) in [6.07, 6.45) is 8.18. The van der Waals surface area contributed by atoms with Gasteiger partial charge in [0, 0.05) is 31.1 Å². The first-order chi connectivity index (χ1) is 10.3. The van der Waals surface area contributed by atoms with E-state index in [9.17, 15) is 4.79 Å². The molecule has 0 fully saturated rings. The summed E-state index contributed by atoms with van der Waals surface area (Å²) in [6.45, 7) is 3.94. The number of carbonyl (C=O) groups is 1. The molecule has 0 bridgehead atoms. The maximum Gasteiger partial charge on any atom is 0.220 e. The van der Waals surface area contributed by atoms with Crippen LogP contribution < -0.4 is 10.6 Å². The lowest BCUT2D eigenvalue weighted by Crippen LogP contribution is -2.26. The fourth-order valence-electron chi connectivity index (χ4n) is 2.97. The first-order valence-corrected chi connectivity index (χ1v) is 8.40. The summed E-state index contributed by atoms with van der Waals surface area (Å²) in [7, 11) is 0. The van der Waals surface area contributed by atoms with Crippen molar-refractivity contribution in [2.45, 2.75) is 57.8 Å². The van der Waals surface area contributed by atoms with Gasteiger partial charge in [-0.3, -0.25) is 4.79 Å². The van der Waals surface area contributed by atoms with Crippen LogP contribution in [0.3, 0.4) is 0 Å². The van der Waals surface area contributed by atoms with Gasteiger partial charge in [-0.2, -0.15) is 0 Å². The van der Waals surface area contributed by atoms with Crippen LogP contribution in [0.15, 0.2) is 24.3 Å². The third-order valence-corrected chi connectivity index (χ3v) is 4.22. The molecular weight excluding hydrogens is 260 g/mol. The summed E-state index contributed by atoms with van der Waals surface area (Å²) in [5.41, 5.74) is 2.47. The quantitative estimate of drug-likeness (QED) is 0.673. The maximum atomic E-state index is 12.0. The smallest absolute Gasteiger partial charge is 0.220 e. The van der Waals surface area contributed by atoms with Crippen LogP contribution >= 0.6 is 0 Å². The molecule has 0 saturated carbocycles. The van der Waals surface area contributed by atoms with Gasteiger partial charge in [-0.1, -0.05) is 57.2 Å². The summed E-state index contributed by atoms with van der Waals surface area (Å²) in [5, 5.41) is 6.44. The molecule has 1 amide bonds. The Labute approximate surface area is 128 Å². The summed E-state index contributed by atoms with van der Waals surface area (Å²) >= 11 is 0. The van der Waals surface area contributed by atoms with E-state index in [1.807, 2.05) is 12.1 Å². The predicted molar refractivity (Wildman–Crippen MR) is 88.7 cm³/mol. The molecule has 116 valence electrons. The summed E-state index contributed by atoms with van der Waals surface area (Å²) in [5.74, 6) is 0.512. The van der Waals surface area contributed by atoms with Crippen LogP contribution in [0.2, 0.25) is 0 Å². The molecule has 1 aliphatic heterocycles. The molecule has 0 aliphatic carbocycles. The second-order valence-electron chi connectivity index (χ2n) is 5.99. The van der Waals surface area contributed by atoms with Gasteiger partial charge in [0.05, 0.1) is 0 Å². The molecule has 1 aromatic carbocycles. The number of benzene rings is 1. The van der Waals surface area contributed by atoms with Crippen LogP contribution in [0, 0.1) is 0 Å².